The van der Waals surface area contributed by atoms with Crippen molar-refractivity contribution in [1.82, 2.24) is 19.7 Å². The van der Waals surface area contributed by atoms with Crippen LogP contribution < -0.4 is 11.0 Å². The van der Waals surface area contributed by atoms with Gasteiger partial charge in [-0.25, -0.2) is 4.79 Å². The molecular weight excluding hydrogens is 366 g/mol. The molecule has 0 atom stereocenters. The molecule has 0 fully saturated rings. The molecule has 0 saturated heterocycles. The summed E-state index contributed by atoms with van der Waals surface area (Å²) in [6.45, 7) is 5.37. The highest BCUT2D eigenvalue weighted by atomic mass is 16.5. The lowest BCUT2D eigenvalue weighted by Gasteiger charge is -2.11. The second-order valence-corrected chi connectivity index (χ2v) is 6.75. The molecule has 148 valence electrons. The van der Waals surface area contributed by atoms with Crippen LogP contribution in [0.1, 0.15) is 18.1 Å². The number of hydrogen-bond acceptors (Lipinski definition) is 4. The summed E-state index contributed by atoms with van der Waals surface area (Å²) in [5.74, 6) is 0.907. The van der Waals surface area contributed by atoms with Gasteiger partial charge >= 0.3 is 5.69 Å². The van der Waals surface area contributed by atoms with Crippen molar-refractivity contribution in [2.45, 2.75) is 20.5 Å². The summed E-state index contributed by atoms with van der Waals surface area (Å²) in [6, 6.07) is 18.0. The Hall–Kier alpha value is -3.58. The summed E-state index contributed by atoms with van der Waals surface area (Å²) < 4.78 is 6.83. The molecule has 2 heterocycles. The maximum absolute atomic E-state index is 11.7. The van der Waals surface area contributed by atoms with Crippen molar-refractivity contribution >= 4 is 11.5 Å². The Morgan fingerprint density at radius 2 is 1.93 bits per heavy atom. The van der Waals surface area contributed by atoms with Crippen molar-refractivity contribution in [3.05, 3.63) is 82.5 Å². The van der Waals surface area contributed by atoms with Crippen molar-refractivity contribution in [3.8, 4) is 16.9 Å². The summed E-state index contributed by atoms with van der Waals surface area (Å²) in [5, 5.41) is 7.44. The SMILES string of the molecule is CCOCc1ccc(C)c(Nc2ccc(-c3ccc(-n4nc[nH]c4=O)cc3)[nH]2)c1. The topological polar surface area (TPSA) is 87.7 Å². The molecule has 0 saturated carbocycles. The van der Waals surface area contributed by atoms with E-state index < -0.39 is 0 Å². The van der Waals surface area contributed by atoms with E-state index in [1.807, 2.05) is 43.3 Å². The molecule has 0 aliphatic heterocycles. The molecule has 4 aromatic rings. The van der Waals surface area contributed by atoms with Gasteiger partial charge in [0.05, 0.1) is 12.3 Å². The van der Waals surface area contributed by atoms with Gasteiger partial charge in [0.25, 0.3) is 0 Å². The normalized spacial score (nSPS) is 11.0. The smallest absolute Gasteiger partial charge is 0.347 e. The highest BCUT2D eigenvalue weighted by Gasteiger charge is 2.07. The van der Waals surface area contributed by atoms with Gasteiger partial charge in [-0.05, 0) is 60.9 Å². The second-order valence-electron chi connectivity index (χ2n) is 6.75. The molecule has 2 aromatic carbocycles. The van der Waals surface area contributed by atoms with Crippen molar-refractivity contribution in [2.24, 2.45) is 0 Å². The van der Waals surface area contributed by atoms with E-state index in [0.29, 0.717) is 18.9 Å². The molecule has 7 nitrogen and oxygen atoms in total. The van der Waals surface area contributed by atoms with Crippen LogP contribution in [0.25, 0.3) is 16.9 Å². The van der Waals surface area contributed by atoms with Gasteiger partial charge in [0.2, 0.25) is 0 Å². The van der Waals surface area contributed by atoms with Crippen molar-refractivity contribution in [1.29, 1.82) is 0 Å². The summed E-state index contributed by atoms with van der Waals surface area (Å²) in [6.07, 6.45) is 1.38. The Balaban J connectivity index is 1.52. The van der Waals surface area contributed by atoms with Crippen LogP contribution in [-0.2, 0) is 11.3 Å². The van der Waals surface area contributed by atoms with E-state index in [-0.39, 0.29) is 5.69 Å². The predicted molar refractivity (Wildman–Crippen MR) is 114 cm³/mol. The first-order chi connectivity index (χ1) is 14.1. The molecule has 0 amide bonds. The lowest BCUT2D eigenvalue weighted by atomic mass is 10.1. The number of benzene rings is 2. The molecule has 2 aromatic heterocycles. The van der Waals surface area contributed by atoms with E-state index in [2.05, 4.69) is 45.5 Å². The summed E-state index contributed by atoms with van der Waals surface area (Å²) in [7, 11) is 0. The summed E-state index contributed by atoms with van der Waals surface area (Å²) in [5.41, 5.74) is 5.80. The third-order valence-electron chi connectivity index (χ3n) is 4.71. The standard InChI is InChI=1S/C22H23N5O2/c1-3-29-13-16-5-4-15(2)20(12-16)26-21-11-10-19(25-21)17-6-8-18(9-7-17)27-22(28)23-14-24-27/h4-12,14,25-26H,3,13H2,1-2H3,(H,23,24,28). The van der Waals surface area contributed by atoms with E-state index in [4.69, 9.17) is 4.74 Å². The van der Waals surface area contributed by atoms with E-state index in [1.54, 1.807) is 0 Å². The number of nitrogens with zero attached hydrogens (tertiary/aromatic N) is 2. The molecule has 0 aliphatic rings. The first kappa shape index (κ1) is 18.8. The third kappa shape index (κ3) is 4.14. The van der Waals surface area contributed by atoms with Gasteiger partial charge in [0, 0.05) is 18.0 Å². The Morgan fingerprint density at radius 1 is 1.10 bits per heavy atom. The van der Waals surface area contributed by atoms with Crippen LogP contribution in [0.2, 0.25) is 0 Å². The second kappa shape index (κ2) is 8.20. The fourth-order valence-corrected chi connectivity index (χ4v) is 3.12. The lowest BCUT2D eigenvalue weighted by molar-refractivity contribution is 0.134. The molecule has 0 aliphatic carbocycles. The van der Waals surface area contributed by atoms with Gasteiger partial charge < -0.3 is 15.0 Å². The molecule has 7 heteroatoms. The zero-order chi connectivity index (χ0) is 20.2. The summed E-state index contributed by atoms with van der Waals surface area (Å²) in [4.78, 5) is 17.6. The molecule has 29 heavy (non-hydrogen) atoms. The first-order valence-corrected chi connectivity index (χ1v) is 9.51. The predicted octanol–water partition coefficient (Wildman–Crippen LogP) is 4.14. The van der Waals surface area contributed by atoms with Gasteiger partial charge in [-0.3, -0.25) is 4.98 Å². The Kier molecular flexibility index (Phi) is 5.31. The Morgan fingerprint density at radius 3 is 2.66 bits per heavy atom. The van der Waals surface area contributed by atoms with Crippen molar-refractivity contribution < 1.29 is 4.74 Å². The number of nitrogens with one attached hydrogen (secondary N) is 3. The van der Waals surface area contributed by atoms with Gasteiger partial charge in [-0.15, -0.1) is 0 Å². The van der Waals surface area contributed by atoms with E-state index in [0.717, 1.165) is 33.9 Å². The largest absolute Gasteiger partial charge is 0.377 e. The lowest BCUT2D eigenvalue weighted by Crippen LogP contribution is -2.15. The Bertz CT molecular complexity index is 1150. The van der Waals surface area contributed by atoms with E-state index in [9.17, 15) is 4.79 Å². The molecule has 0 radical (unpaired) electrons. The van der Waals surface area contributed by atoms with Crippen LogP contribution in [0.5, 0.6) is 0 Å². The molecular formula is C22H23N5O2. The molecule has 0 bridgehead atoms. The number of anilines is 2. The van der Waals surface area contributed by atoms with Crippen molar-refractivity contribution in [2.75, 3.05) is 11.9 Å². The highest BCUT2D eigenvalue weighted by Crippen LogP contribution is 2.26. The monoisotopic (exact) mass is 389 g/mol. The van der Waals surface area contributed by atoms with Crippen LogP contribution in [-0.4, -0.2) is 26.4 Å². The number of aryl methyl sites for hydroxylation is 1. The van der Waals surface area contributed by atoms with Crippen LogP contribution in [0.15, 0.2) is 65.7 Å². The fourth-order valence-electron chi connectivity index (χ4n) is 3.12. The maximum Gasteiger partial charge on any atom is 0.347 e. The minimum atomic E-state index is -0.258. The number of aromatic nitrogens is 4. The van der Waals surface area contributed by atoms with Crippen LogP contribution in [0, 0.1) is 6.92 Å². The number of ether oxygens (including phenoxy) is 1. The minimum absolute atomic E-state index is 0.258. The van der Waals surface area contributed by atoms with Crippen LogP contribution in [0.3, 0.4) is 0 Å². The van der Waals surface area contributed by atoms with Crippen LogP contribution >= 0.6 is 0 Å². The first-order valence-electron chi connectivity index (χ1n) is 9.51. The van der Waals surface area contributed by atoms with Gasteiger partial charge in [-0.2, -0.15) is 9.78 Å². The minimum Gasteiger partial charge on any atom is -0.377 e. The molecule has 4 rings (SSSR count). The van der Waals surface area contributed by atoms with Crippen molar-refractivity contribution in [3.63, 3.8) is 0 Å². The van der Waals surface area contributed by atoms with E-state index >= 15 is 0 Å². The van der Waals surface area contributed by atoms with Gasteiger partial charge in [0.15, 0.2) is 0 Å². The molecule has 0 spiro atoms. The Labute approximate surface area is 168 Å². The molecule has 3 N–H and O–H groups in total. The number of hydrogen-bond donors (Lipinski definition) is 3. The number of aromatic amines is 2. The van der Waals surface area contributed by atoms with E-state index in [1.165, 1.54) is 11.0 Å². The number of H-pyrrole nitrogens is 2. The average molecular weight is 389 g/mol. The van der Waals surface area contributed by atoms with Gasteiger partial charge in [0.1, 0.15) is 12.1 Å². The zero-order valence-corrected chi connectivity index (χ0v) is 16.4. The number of rotatable bonds is 7. The fraction of sp³-hybridized carbons (Fsp3) is 0.182. The summed E-state index contributed by atoms with van der Waals surface area (Å²) >= 11 is 0. The zero-order valence-electron chi connectivity index (χ0n) is 16.4. The maximum atomic E-state index is 11.7. The molecule has 0 unspecified atom stereocenters. The average Bonchev–Trinajstić information content (AvgIpc) is 3.38. The van der Waals surface area contributed by atoms with Gasteiger partial charge in [-0.1, -0.05) is 24.3 Å². The highest BCUT2D eigenvalue weighted by molar-refractivity contribution is 5.68. The third-order valence-corrected chi connectivity index (χ3v) is 4.71. The van der Waals surface area contributed by atoms with Crippen LogP contribution in [0.4, 0.5) is 11.5 Å². The quantitative estimate of drug-likeness (QED) is 0.443.